The maximum absolute atomic E-state index is 2.44. The standard InChI is InChI=1S/C15H22/c1-4-5-12-8-14(11(2)3)10-15(9-12)13-6-7-13/h8-11,13H,4-7H2,1-3H3. The van der Waals surface area contributed by atoms with Gasteiger partial charge in [0.05, 0.1) is 0 Å². The molecular weight excluding hydrogens is 180 g/mol. The highest BCUT2D eigenvalue weighted by Crippen LogP contribution is 2.41. The first kappa shape index (κ1) is 10.7. The van der Waals surface area contributed by atoms with Gasteiger partial charge in [-0.15, -0.1) is 0 Å². The molecule has 0 N–H and O–H groups in total. The van der Waals surface area contributed by atoms with Crippen molar-refractivity contribution in [2.24, 2.45) is 0 Å². The molecule has 1 saturated carbocycles. The van der Waals surface area contributed by atoms with E-state index < -0.39 is 0 Å². The lowest BCUT2D eigenvalue weighted by atomic mass is 9.94. The molecular formula is C15H22. The third-order valence-electron chi connectivity index (χ3n) is 3.29. The molecule has 1 fully saturated rings. The molecule has 0 nitrogen and oxygen atoms in total. The first-order chi connectivity index (χ1) is 7.20. The Bertz CT molecular complexity index is 312. The van der Waals surface area contributed by atoms with Crippen LogP contribution in [0.5, 0.6) is 0 Å². The third kappa shape index (κ3) is 2.62. The molecule has 0 bridgehead atoms. The van der Waals surface area contributed by atoms with Crippen LogP contribution < -0.4 is 0 Å². The summed E-state index contributed by atoms with van der Waals surface area (Å²) in [4.78, 5) is 0. The van der Waals surface area contributed by atoms with Gasteiger partial charge >= 0.3 is 0 Å². The van der Waals surface area contributed by atoms with E-state index in [1.807, 2.05) is 0 Å². The lowest BCUT2D eigenvalue weighted by molar-refractivity contribution is 0.847. The predicted molar refractivity (Wildman–Crippen MR) is 66.5 cm³/mol. The van der Waals surface area contributed by atoms with E-state index in [0.29, 0.717) is 5.92 Å². The van der Waals surface area contributed by atoms with E-state index >= 15 is 0 Å². The zero-order valence-corrected chi connectivity index (χ0v) is 10.2. The summed E-state index contributed by atoms with van der Waals surface area (Å²) in [5.41, 5.74) is 4.68. The van der Waals surface area contributed by atoms with E-state index in [1.165, 1.54) is 31.2 Å². The molecule has 0 spiro atoms. The van der Waals surface area contributed by atoms with Crippen molar-refractivity contribution in [3.05, 3.63) is 34.9 Å². The fourth-order valence-corrected chi connectivity index (χ4v) is 2.16. The smallest absolute Gasteiger partial charge is 0.0161 e. The van der Waals surface area contributed by atoms with Gasteiger partial charge in [-0.2, -0.15) is 0 Å². The second kappa shape index (κ2) is 4.38. The van der Waals surface area contributed by atoms with Crippen LogP contribution in [0.1, 0.15) is 68.6 Å². The van der Waals surface area contributed by atoms with E-state index in [9.17, 15) is 0 Å². The van der Waals surface area contributed by atoms with E-state index in [4.69, 9.17) is 0 Å². The van der Waals surface area contributed by atoms with E-state index in [-0.39, 0.29) is 0 Å². The Kier molecular flexibility index (Phi) is 3.14. The molecule has 0 amide bonds. The fraction of sp³-hybridized carbons (Fsp3) is 0.600. The number of aryl methyl sites for hydroxylation is 1. The molecule has 82 valence electrons. The highest BCUT2D eigenvalue weighted by Gasteiger charge is 2.24. The van der Waals surface area contributed by atoms with Crippen LogP contribution in [-0.4, -0.2) is 0 Å². The zero-order chi connectivity index (χ0) is 10.8. The van der Waals surface area contributed by atoms with Gasteiger partial charge in [-0.05, 0) is 47.8 Å². The Morgan fingerprint density at radius 3 is 2.47 bits per heavy atom. The summed E-state index contributed by atoms with van der Waals surface area (Å²) in [7, 11) is 0. The molecule has 1 aliphatic carbocycles. The van der Waals surface area contributed by atoms with Crippen LogP contribution in [0.15, 0.2) is 18.2 Å². The Balaban J connectivity index is 2.30. The fourth-order valence-electron chi connectivity index (χ4n) is 2.16. The molecule has 0 radical (unpaired) electrons. The Hall–Kier alpha value is -0.780. The van der Waals surface area contributed by atoms with Crippen molar-refractivity contribution in [1.29, 1.82) is 0 Å². The zero-order valence-electron chi connectivity index (χ0n) is 10.2. The summed E-state index contributed by atoms with van der Waals surface area (Å²) in [5.74, 6) is 1.55. The van der Waals surface area contributed by atoms with Crippen LogP contribution in [0.3, 0.4) is 0 Å². The maximum Gasteiger partial charge on any atom is -0.0161 e. The van der Waals surface area contributed by atoms with Crippen molar-refractivity contribution in [2.45, 2.75) is 58.3 Å². The molecule has 15 heavy (non-hydrogen) atoms. The largest absolute Gasteiger partial charge is 0.0651 e. The van der Waals surface area contributed by atoms with Crippen LogP contribution in [-0.2, 0) is 6.42 Å². The molecule has 0 saturated heterocycles. The van der Waals surface area contributed by atoms with Crippen LogP contribution in [0.2, 0.25) is 0 Å². The van der Waals surface area contributed by atoms with Gasteiger partial charge in [0.25, 0.3) is 0 Å². The SMILES string of the molecule is CCCc1cc(C(C)C)cc(C2CC2)c1. The van der Waals surface area contributed by atoms with Gasteiger partial charge in [-0.25, -0.2) is 0 Å². The minimum Gasteiger partial charge on any atom is -0.0651 e. The minimum atomic E-state index is 0.666. The summed E-state index contributed by atoms with van der Waals surface area (Å²) >= 11 is 0. The molecule has 1 aromatic carbocycles. The van der Waals surface area contributed by atoms with Crippen molar-refractivity contribution in [1.82, 2.24) is 0 Å². The van der Waals surface area contributed by atoms with E-state index in [0.717, 1.165) is 5.92 Å². The summed E-state index contributed by atoms with van der Waals surface area (Å²) in [6, 6.07) is 7.27. The molecule has 0 aliphatic heterocycles. The van der Waals surface area contributed by atoms with Gasteiger partial charge in [0, 0.05) is 0 Å². The first-order valence-corrected chi connectivity index (χ1v) is 6.34. The monoisotopic (exact) mass is 202 g/mol. The lowest BCUT2D eigenvalue weighted by Crippen LogP contribution is -1.94. The number of benzene rings is 1. The van der Waals surface area contributed by atoms with Crippen molar-refractivity contribution < 1.29 is 0 Å². The van der Waals surface area contributed by atoms with E-state index in [2.05, 4.69) is 39.0 Å². The van der Waals surface area contributed by atoms with Gasteiger partial charge in [0.1, 0.15) is 0 Å². The van der Waals surface area contributed by atoms with Crippen molar-refractivity contribution in [2.75, 3.05) is 0 Å². The average molecular weight is 202 g/mol. The summed E-state index contributed by atoms with van der Waals surface area (Å²) in [6.07, 6.45) is 5.31. The molecule has 0 unspecified atom stereocenters. The van der Waals surface area contributed by atoms with Crippen LogP contribution in [0.4, 0.5) is 0 Å². The van der Waals surface area contributed by atoms with Crippen molar-refractivity contribution >= 4 is 0 Å². The number of rotatable bonds is 4. The van der Waals surface area contributed by atoms with E-state index in [1.54, 1.807) is 11.1 Å². The Morgan fingerprint density at radius 2 is 1.93 bits per heavy atom. The number of hydrogen-bond donors (Lipinski definition) is 0. The highest BCUT2D eigenvalue weighted by molar-refractivity contribution is 5.35. The maximum atomic E-state index is 2.44. The normalized spacial score (nSPS) is 16.0. The van der Waals surface area contributed by atoms with Crippen molar-refractivity contribution in [3.8, 4) is 0 Å². The lowest BCUT2D eigenvalue weighted by Gasteiger charge is -2.11. The second-order valence-electron chi connectivity index (χ2n) is 5.19. The van der Waals surface area contributed by atoms with Gasteiger partial charge in [-0.3, -0.25) is 0 Å². The van der Waals surface area contributed by atoms with Crippen molar-refractivity contribution in [3.63, 3.8) is 0 Å². The molecule has 0 heterocycles. The Morgan fingerprint density at radius 1 is 1.20 bits per heavy atom. The molecule has 0 aromatic heterocycles. The second-order valence-corrected chi connectivity index (χ2v) is 5.19. The Labute approximate surface area is 93.7 Å². The summed E-state index contributed by atoms with van der Waals surface area (Å²) in [5, 5.41) is 0. The van der Waals surface area contributed by atoms with Crippen LogP contribution in [0, 0.1) is 0 Å². The molecule has 1 aromatic rings. The summed E-state index contributed by atoms with van der Waals surface area (Å²) < 4.78 is 0. The topological polar surface area (TPSA) is 0 Å². The van der Waals surface area contributed by atoms with Gasteiger partial charge < -0.3 is 0 Å². The quantitative estimate of drug-likeness (QED) is 0.667. The van der Waals surface area contributed by atoms with Crippen LogP contribution in [0.25, 0.3) is 0 Å². The molecule has 1 aliphatic rings. The molecule has 0 atom stereocenters. The highest BCUT2D eigenvalue weighted by atomic mass is 14.3. The van der Waals surface area contributed by atoms with Gasteiger partial charge in [0.2, 0.25) is 0 Å². The first-order valence-electron chi connectivity index (χ1n) is 6.34. The van der Waals surface area contributed by atoms with Gasteiger partial charge in [0.15, 0.2) is 0 Å². The molecule has 2 rings (SSSR count). The minimum absolute atomic E-state index is 0.666. The predicted octanol–water partition coefficient (Wildman–Crippen LogP) is 4.64. The summed E-state index contributed by atoms with van der Waals surface area (Å²) in [6.45, 7) is 6.85. The van der Waals surface area contributed by atoms with Crippen LogP contribution >= 0.6 is 0 Å². The van der Waals surface area contributed by atoms with Gasteiger partial charge in [-0.1, -0.05) is 45.4 Å². The molecule has 0 heteroatoms. The number of hydrogen-bond acceptors (Lipinski definition) is 0. The third-order valence-corrected chi connectivity index (χ3v) is 3.29. The average Bonchev–Trinajstić information content (AvgIpc) is 3.01.